The van der Waals surface area contributed by atoms with E-state index in [1.165, 1.54) is 11.3 Å². The largest absolute Gasteiger partial charge is 0.379 e. The second-order valence-corrected chi connectivity index (χ2v) is 7.55. The van der Waals surface area contributed by atoms with Gasteiger partial charge < -0.3 is 19.5 Å². The summed E-state index contributed by atoms with van der Waals surface area (Å²) in [7, 11) is 5.96. The minimum absolute atomic E-state index is 0.237. The van der Waals surface area contributed by atoms with Gasteiger partial charge in [0.15, 0.2) is 5.96 Å². The Kier molecular flexibility index (Phi) is 7.36. The number of nitrogens with zero attached hydrogens (tertiary/aromatic N) is 4. The summed E-state index contributed by atoms with van der Waals surface area (Å²) < 4.78 is 7.68. The molecule has 1 atom stereocenters. The Bertz CT molecular complexity index is 767. The number of ether oxygens (including phenoxy) is 1. The number of hydrogen-bond acceptors (Lipinski definition) is 3. The van der Waals surface area contributed by atoms with E-state index in [0.29, 0.717) is 0 Å². The molecular formula is C21H30ClN5O. The lowest BCUT2D eigenvalue weighted by Crippen LogP contribution is -2.46. The summed E-state index contributed by atoms with van der Waals surface area (Å²) in [6.45, 7) is 4.95. The average Bonchev–Trinajstić information content (AvgIpc) is 3.11. The fourth-order valence-corrected chi connectivity index (χ4v) is 3.71. The monoisotopic (exact) mass is 403 g/mol. The molecule has 1 saturated heterocycles. The topological polar surface area (TPSA) is 45.0 Å². The van der Waals surface area contributed by atoms with Crippen molar-refractivity contribution in [2.24, 2.45) is 12.0 Å². The predicted octanol–water partition coefficient (Wildman–Crippen LogP) is 2.76. The van der Waals surface area contributed by atoms with Crippen molar-refractivity contribution in [2.75, 3.05) is 46.9 Å². The van der Waals surface area contributed by atoms with E-state index in [4.69, 9.17) is 16.3 Å². The number of benzene rings is 1. The van der Waals surface area contributed by atoms with Crippen LogP contribution in [0.4, 0.5) is 0 Å². The molecule has 1 aromatic carbocycles. The fourth-order valence-electron chi connectivity index (χ4n) is 3.58. The van der Waals surface area contributed by atoms with Crippen LogP contribution < -0.4 is 5.32 Å². The second kappa shape index (κ2) is 9.96. The summed E-state index contributed by atoms with van der Waals surface area (Å²) in [5.74, 6) is 0.883. The van der Waals surface area contributed by atoms with Gasteiger partial charge in [0.2, 0.25) is 0 Å². The van der Waals surface area contributed by atoms with Crippen LogP contribution in [0.15, 0.2) is 47.6 Å². The molecule has 0 radical (unpaired) electrons. The van der Waals surface area contributed by atoms with Crippen molar-refractivity contribution in [1.29, 1.82) is 0 Å². The molecule has 2 heterocycles. The highest BCUT2D eigenvalue weighted by atomic mass is 35.5. The summed E-state index contributed by atoms with van der Waals surface area (Å²) in [4.78, 5) is 9.09. The molecule has 28 heavy (non-hydrogen) atoms. The normalized spacial score (nSPS) is 16.8. The van der Waals surface area contributed by atoms with E-state index in [1.54, 1.807) is 0 Å². The van der Waals surface area contributed by atoms with E-state index in [0.717, 1.165) is 50.4 Å². The van der Waals surface area contributed by atoms with E-state index in [2.05, 4.69) is 69.2 Å². The summed E-state index contributed by atoms with van der Waals surface area (Å²) in [5, 5.41) is 4.32. The molecule has 1 unspecified atom stereocenters. The number of morpholine rings is 1. The van der Waals surface area contributed by atoms with Gasteiger partial charge in [0.25, 0.3) is 0 Å². The zero-order valence-electron chi connectivity index (χ0n) is 16.9. The van der Waals surface area contributed by atoms with Gasteiger partial charge in [-0.25, -0.2) is 0 Å². The number of hydrogen-bond donors (Lipinski definition) is 1. The average molecular weight is 404 g/mol. The van der Waals surface area contributed by atoms with Crippen LogP contribution in [0.2, 0.25) is 5.02 Å². The van der Waals surface area contributed by atoms with Crippen molar-refractivity contribution < 1.29 is 4.74 Å². The summed E-state index contributed by atoms with van der Waals surface area (Å²) in [5.41, 5.74) is 2.49. The molecule has 0 spiro atoms. The van der Waals surface area contributed by atoms with Gasteiger partial charge in [-0.3, -0.25) is 9.89 Å². The van der Waals surface area contributed by atoms with Crippen LogP contribution in [-0.2, 0) is 18.3 Å². The Morgan fingerprint density at radius 1 is 1.25 bits per heavy atom. The Balaban J connectivity index is 1.68. The van der Waals surface area contributed by atoms with Crippen LogP contribution in [0.25, 0.3) is 0 Å². The Morgan fingerprint density at radius 2 is 1.96 bits per heavy atom. The second-order valence-electron chi connectivity index (χ2n) is 7.11. The van der Waals surface area contributed by atoms with E-state index >= 15 is 0 Å². The molecule has 3 rings (SSSR count). The van der Waals surface area contributed by atoms with Gasteiger partial charge in [0, 0.05) is 57.7 Å². The van der Waals surface area contributed by atoms with Crippen LogP contribution in [0, 0.1) is 0 Å². The number of guanidine groups is 1. The highest BCUT2D eigenvalue weighted by Crippen LogP contribution is 2.23. The smallest absolute Gasteiger partial charge is 0.193 e. The molecule has 6 nitrogen and oxygen atoms in total. The standard InChI is InChI=1S/C21H30ClN5O/c1-23-21(26(3)16-19-5-4-10-25(19)2)24-15-20(27-11-13-28-14-12-27)17-6-8-18(22)9-7-17/h4-10,20H,11-16H2,1-3H3,(H,23,24). The van der Waals surface area contributed by atoms with Crippen molar-refractivity contribution in [2.45, 2.75) is 12.6 Å². The number of aromatic nitrogens is 1. The quantitative estimate of drug-likeness (QED) is 0.595. The molecule has 0 aliphatic carbocycles. The molecule has 1 N–H and O–H groups in total. The number of aryl methyl sites for hydroxylation is 1. The van der Waals surface area contributed by atoms with Crippen LogP contribution in [0.3, 0.4) is 0 Å². The van der Waals surface area contributed by atoms with Gasteiger partial charge in [-0.05, 0) is 29.8 Å². The van der Waals surface area contributed by atoms with Gasteiger partial charge in [0.05, 0.1) is 25.8 Å². The van der Waals surface area contributed by atoms with E-state index in [9.17, 15) is 0 Å². The highest BCUT2D eigenvalue weighted by molar-refractivity contribution is 6.30. The van der Waals surface area contributed by atoms with Crippen molar-refractivity contribution in [3.05, 3.63) is 58.9 Å². The molecular weight excluding hydrogens is 374 g/mol. The Labute approximate surface area is 172 Å². The van der Waals surface area contributed by atoms with Gasteiger partial charge in [-0.1, -0.05) is 23.7 Å². The van der Waals surface area contributed by atoms with Crippen molar-refractivity contribution in [3.63, 3.8) is 0 Å². The predicted molar refractivity (Wildman–Crippen MR) is 115 cm³/mol. The number of rotatable bonds is 6. The first-order chi connectivity index (χ1) is 13.6. The SMILES string of the molecule is CN=C(NCC(c1ccc(Cl)cc1)N1CCOCC1)N(C)Cc1cccn1C. The van der Waals surface area contributed by atoms with Crippen molar-refractivity contribution in [1.82, 2.24) is 19.7 Å². The lowest BCUT2D eigenvalue weighted by Gasteiger charge is -2.35. The Hall–Kier alpha value is -2.02. The molecule has 1 aliphatic heterocycles. The van der Waals surface area contributed by atoms with Crippen LogP contribution in [0.1, 0.15) is 17.3 Å². The molecule has 0 bridgehead atoms. The first-order valence-corrected chi connectivity index (χ1v) is 10.1. The molecule has 0 saturated carbocycles. The number of aliphatic imine (C=N–C) groups is 1. The molecule has 7 heteroatoms. The van der Waals surface area contributed by atoms with Crippen molar-refractivity contribution in [3.8, 4) is 0 Å². The molecule has 1 fully saturated rings. The number of halogens is 1. The first kappa shape index (κ1) is 20.7. The van der Waals surface area contributed by atoms with Gasteiger partial charge in [-0.15, -0.1) is 0 Å². The minimum Gasteiger partial charge on any atom is -0.379 e. The van der Waals surface area contributed by atoms with Crippen LogP contribution in [0.5, 0.6) is 0 Å². The number of nitrogens with one attached hydrogen (secondary N) is 1. The van der Waals surface area contributed by atoms with E-state index < -0.39 is 0 Å². The van der Waals surface area contributed by atoms with E-state index in [-0.39, 0.29) is 6.04 Å². The maximum atomic E-state index is 6.10. The van der Waals surface area contributed by atoms with Crippen LogP contribution in [-0.4, -0.2) is 67.3 Å². The molecule has 1 aromatic heterocycles. The van der Waals surface area contributed by atoms with Gasteiger partial charge >= 0.3 is 0 Å². The lowest BCUT2D eigenvalue weighted by molar-refractivity contribution is 0.0169. The summed E-state index contributed by atoms with van der Waals surface area (Å²) in [6.07, 6.45) is 2.06. The van der Waals surface area contributed by atoms with Crippen LogP contribution >= 0.6 is 11.6 Å². The van der Waals surface area contributed by atoms with E-state index in [1.807, 2.05) is 19.2 Å². The van der Waals surface area contributed by atoms with Gasteiger partial charge in [-0.2, -0.15) is 0 Å². The third kappa shape index (κ3) is 5.28. The van der Waals surface area contributed by atoms with Gasteiger partial charge in [0.1, 0.15) is 0 Å². The highest BCUT2D eigenvalue weighted by Gasteiger charge is 2.23. The maximum absolute atomic E-state index is 6.10. The third-order valence-corrected chi connectivity index (χ3v) is 5.47. The first-order valence-electron chi connectivity index (χ1n) is 9.67. The fraction of sp³-hybridized carbons (Fsp3) is 0.476. The summed E-state index contributed by atoms with van der Waals surface area (Å²) >= 11 is 6.10. The maximum Gasteiger partial charge on any atom is 0.193 e. The lowest BCUT2D eigenvalue weighted by atomic mass is 10.0. The third-order valence-electron chi connectivity index (χ3n) is 5.22. The Morgan fingerprint density at radius 3 is 2.57 bits per heavy atom. The molecule has 1 aliphatic rings. The minimum atomic E-state index is 0.237. The molecule has 0 amide bonds. The van der Waals surface area contributed by atoms with Crippen molar-refractivity contribution >= 4 is 17.6 Å². The zero-order valence-corrected chi connectivity index (χ0v) is 17.7. The molecule has 2 aromatic rings. The molecule has 152 valence electrons. The zero-order chi connectivity index (χ0) is 19.9. The summed E-state index contributed by atoms with van der Waals surface area (Å²) in [6, 6.07) is 12.6.